The van der Waals surface area contributed by atoms with Crippen LogP contribution in [-0.2, 0) is 13.0 Å². The normalized spacial score (nSPS) is 11.1. The summed E-state index contributed by atoms with van der Waals surface area (Å²) in [6.07, 6.45) is 2.03. The number of hydrogen-bond acceptors (Lipinski definition) is 4. The molecule has 0 aliphatic rings. The van der Waals surface area contributed by atoms with Crippen LogP contribution in [0.2, 0.25) is 0 Å². The lowest BCUT2D eigenvalue weighted by molar-refractivity contribution is 0.284. The van der Waals surface area contributed by atoms with E-state index in [0.717, 1.165) is 28.5 Å². The summed E-state index contributed by atoms with van der Waals surface area (Å²) < 4.78 is 0. The number of rotatable bonds is 5. The van der Waals surface area contributed by atoms with E-state index in [1.165, 1.54) is 0 Å². The Bertz CT molecular complexity index is 310. The zero-order valence-electron chi connectivity index (χ0n) is 9.95. The molecule has 86 valence electrons. The standard InChI is InChI=1S/C11H20N2OS/c1-5-6-9-10(7-14)15-11(12-9)13(4)8(2)3/h8,14H,5-7H2,1-4H3. The number of aromatic nitrogens is 1. The van der Waals surface area contributed by atoms with Gasteiger partial charge in [0.2, 0.25) is 0 Å². The molecule has 0 saturated heterocycles. The number of anilines is 1. The molecule has 1 heterocycles. The SMILES string of the molecule is CCCc1nc(N(C)C(C)C)sc1CO. The van der Waals surface area contributed by atoms with Crippen LogP contribution in [0.3, 0.4) is 0 Å². The summed E-state index contributed by atoms with van der Waals surface area (Å²) in [5, 5.41) is 10.2. The van der Waals surface area contributed by atoms with Crippen LogP contribution in [0.25, 0.3) is 0 Å². The van der Waals surface area contributed by atoms with Crippen LogP contribution in [0.5, 0.6) is 0 Å². The Hall–Kier alpha value is -0.610. The van der Waals surface area contributed by atoms with Gasteiger partial charge in [0.25, 0.3) is 0 Å². The quantitative estimate of drug-likeness (QED) is 0.841. The van der Waals surface area contributed by atoms with E-state index < -0.39 is 0 Å². The lowest BCUT2D eigenvalue weighted by Crippen LogP contribution is -2.25. The first-order valence-corrected chi connectivity index (χ1v) is 6.24. The van der Waals surface area contributed by atoms with E-state index in [2.05, 4.69) is 30.7 Å². The van der Waals surface area contributed by atoms with Gasteiger partial charge < -0.3 is 10.0 Å². The van der Waals surface area contributed by atoms with Crippen molar-refractivity contribution in [2.24, 2.45) is 0 Å². The van der Waals surface area contributed by atoms with E-state index in [0.29, 0.717) is 6.04 Å². The minimum atomic E-state index is 0.110. The minimum absolute atomic E-state index is 0.110. The van der Waals surface area contributed by atoms with Crippen LogP contribution in [0.15, 0.2) is 0 Å². The number of hydrogen-bond donors (Lipinski definition) is 1. The predicted molar refractivity (Wildman–Crippen MR) is 65.6 cm³/mol. The van der Waals surface area contributed by atoms with Gasteiger partial charge in [-0.2, -0.15) is 0 Å². The molecule has 0 saturated carbocycles. The highest BCUT2D eigenvalue weighted by atomic mass is 32.1. The zero-order chi connectivity index (χ0) is 11.4. The van der Waals surface area contributed by atoms with Crippen molar-refractivity contribution in [1.29, 1.82) is 0 Å². The van der Waals surface area contributed by atoms with Crippen molar-refractivity contribution in [2.75, 3.05) is 11.9 Å². The zero-order valence-corrected chi connectivity index (χ0v) is 10.8. The molecular formula is C11H20N2OS. The molecule has 0 atom stereocenters. The molecule has 1 aromatic heterocycles. The monoisotopic (exact) mass is 228 g/mol. The maximum atomic E-state index is 9.23. The fraction of sp³-hybridized carbons (Fsp3) is 0.727. The van der Waals surface area contributed by atoms with Crippen LogP contribution in [-0.4, -0.2) is 23.2 Å². The van der Waals surface area contributed by atoms with Crippen molar-refractivity contribution < 1.29 is 5.11 Å². The van der Waals surface area contributed by atoms with Crippen molar-refractivity contribution in [3.8, 4) is 0 Å². The molecule has 0 aliphatic heterocycles. The third-order valence-electron chi connectivity index (χ3n) is 2.47. The van der Waals surface area contributed by atoms with E-state index in [1.807, 2.05) is 7.05 Å². The van der Waals surface area contributed by atoms with Gasteiger partial charge in [0.05, 0.1) is 17.2 Å². The maximum Gasteiger partial charge on any atom is 0.185 e. The number of aliphatic hydroxyl groups is 1. The van der Waals surface area contributed by atoms with Gasteiger partial charge >= 0.3 is 0 Å². The first-order valence-electron chi connectivity index (χ1n) is 5.42. The lowest BCUT2D eigenvalue weighted by atomic mass is 10.2. The van der Waals surface area contributed by atoms with Gasteiger partial charge in [0, 0.05) is 13.1 Å². The van der Waals surface area contributed by atoms with Gasteiger partial charge in [0.1, 0.15) is 0 Å². The Kier molecular flexibility index (Phi) is 4.54. The van der Waals surface area contributed by atoms with Crippen molar-refractivity contribution in [3.63, 3.8) is 0 Å². The van der Waals surface area contributed by atoms with Gasteiger partial charge in [-0.25, -0.2) is 4.98 Å². The molecule has 1 rings (SSSR count). The van der Waals surface area contributed by atoms with Gasteiger partial charge in [0.15, 0.2) is 5.13 Å². The Morgan fingerprint density at radius 2 is 2.13 bits per heavy atom. The van der Waals surface area contributed by atoms with Crippen molar-refractivity contribution in [3.05, 3.63) is 10.6 Å². The Morgan fingerprint density at radius 1 is 1.47 bits per heavy atom. The first kappa shape index (κ1) is 12.5. The Balaban J connectivity index is 2.91. The topological polar surface area (TPSA) is 36.4 Å². The molecule has 0 spiro atoms. The van der Waals surface area contributed by atoms with E-state index in [-0.39, 0.29) is 6.61 Å². The molecule has 0 aromatic carbocycles. The van der Waals surface area contributed by atoms with Crippen LogP contribution in [0.4, 0.5) is 5.13 Å². The highest BCUT2D eigenvalue weighted by molar-refractivity contribution is 7.15. The lowest BCUT2D eigenvalue weighted by Gasteiger charge is -2.19. The molecular weight excluding hydrogens is 208 g/mol. The molecule has 0 amide bonds. The summed E-state index contributed by atoms with van der Waals surface area (Å²) >= 11 is 1.60. The summed E-state index contributed by atoms with van der Waals surface area (Å²) in [6, 6.07) is 0.442. The van der Waals surface area contributed by atoms with Gasteiger partial charge in [-0.15, -0.1) is 0 Å². The fourth-order valence-corrected chi connectivity index (χ4v) is 2.36. The van der Waals surface area contributed by atoms with E-state index in [4.69, 9.17) is 0 Å². The second kappa shape index (κ2) is 5.47. The first-order chi connectivity index (χ1) is 7.10. The fourth-order valence-electron chi connectivity index (χ4n) is 1.30. The third kappa shape index (κ3) is 2.92. The maximum absolute atomic E-state index is 9.23. The van der Waals surface area contributed by atoms with Crippen LogP contribution < -0.4 is 4.90 Å². The molecule has 1 aromatic rings. The van der Waals surface area contributed by atoms with Crippen molar-refractivity contribution in [2.45, 2.75) is 46.3 Å². The number of aryl methyl sites for hydroxylation is 1. The second-order valence-electron chi connectivity index (χ2n) is 3.98. The van der Waals surface area contributed by atoms with Crippen molar-refractivity contribution >= 4 is 16.5 Å². The molecule has 0 aliphatic carbocycles. The third-order valence-corrected chi connectivity index (χ3v) is 3.65. The van der Waals surface area contributed by atoms with Gasteiger partial charge in [-0.05, 0) is 20.3 Å². The summed E-state index contributed by atoms with van der Waals surface area (Å²) in [5.74, 6) is 0. The smallest absolute Gasteiger partial charge is 0.185 e. The minimum Gasteiger partial charge on any atom is -0.391 e. The van der Waals surface area contributed by atoms with Crippen LogP contribution >= 0.6 is 11.3 Å². The number of aliphatic hydroxyl groups excluding tert-OH is 1. The number of nitrogens with zero attached hydrogens (tertiary/aromatic N) is 2. The highest BCUT2D eigenvalue weighted by Gasteiger charge is 2.14. The van der Waals surface area contributed by atoms with Gasteiger partial charge in [-0.3, -0.25) is 0 Å². The molecule has 0 radical (unpaired) electrons. The molecule has 4 heteroatoms. The highest BCUT2D eigenvalue weighted by Crippen LogP contribution is 2.27. The van der Waals surface area contributed by atoms with Crippen molar-refractivity contribution in [1.82, 2.24) is 4.98 Å². The summed E-state index contributed by atoms with van der Waals surface area (Å²) in [7, 11) is 2.04. The molecule has 0 unspecified atom stereocenters. The van der Waals surface area contributed by atoms with Crippen LogP contribution in [0, 0.1) is 0 Å². The summed E-state index contributed by atoms with van der Waals surface area (Å²) in [5.41, 5.74) is 1.06. The van der Waals surface area contributed by atoms with E-state index in [1.54, 1.807) is 11.3 Å². The average Bonchev–Trinajstić information content (AvgIpc) is 2.60. The number of thiazole rings is 1. The summed E-state index contributed by atoms with van der Waals surface area (Å²) in [4.78, 5) is 7.73. The Labute approximate surface area is 95.8 Å². The predicted octanol–water partition coefficient (Wildman–Crippen LogP) is 2.43. The molecule has 0 bridgehead atoms. The van der Waals surface area contributed by atoms with E-state index >= 15 is 0 Å². The van der Waals surface area contributed by atoms with Crippen LogP contribution in [0.1, 0.15) is 37.8 Å². The second-order valence-corrected chi connectivity index (χ2v) is 5.04. The molecule has 1 N–H and O–H groups in total. The largest absolute Gasteiger partial charge is 0.391 e. The molecule has 0 fully saturated rings. The molecule has 3 nitrogen and oxygen atoms in total. The van der Waals surface area contributed by atoms with E-state index in [9.17, 15) is 5.11 Å². The summed E-state index contributed by atoms with van der Waals surface area (Å²) in [6.45, 7) is 6.52. The Morgan fingerprint density at radius 3 is 2.60 bits per heavy atom. The molecule has 15 heavy (non-hydrogen) atoms. The average molecular weight is 228 g/mol. The van der Waals surface area contributed by atoms with Gasteiger partial charge in [-0.1, -0.05) is 24.7 Å².